The summed E-state index contributed by atoms with van der Waals surface area (Å²) >= 11 is 0. The Morgan fingerprint density at radius 1 is 1.00 bits per heavy atom. The standard InChI is InChI=1S/C21H20N2O5/c1-4-14-7-5-6-8-16(14)23-20(25)15(19(24)22-21(23)26)11-13-9-10-17(27-2)18(12-13)28-3/h5-12H,4H2,1-3H3,(H,22,24,26)/b15-11-. The number of amides is 4. The van der Waals surface area contributed by atoms with Crippen LogP contribution in [0.5, 0.6) is 11.5 Å². The summed E-state index contributed by atoms with van der Waals surface area (Å²) in [5, 5.41) is 2.23. The molecule has 0 bridgehead atoms. The van der Waals surface area contributed by atoms with Crippen molar-refractivity contribution in [3.8, 4) is 11.5 Å². The van der Waals surface area contributed by atoms with Crippen LogP contribution in [-0.2, 0) is 16.0 Å². The number of ether oxygens (including phenoxy) is 2. The molecule has 1 fully saturated rings. The number of rotatable bonds is 5. The predicted molar refractivity (Wildman–Crippen MR) is 104 cm³/mol. The molecular weight excluding hydrogens is 360 g/mol. The van der Waals surface area contributed by atoms with E-state index in [1.165, 1.54) is 20.3 Å². The van der Waals surface area contributed by atoms with Crippen LogP contribution in [0.15, 0.2) is 48.0 Å². The van der Waals surface area contributed by atoms with Crippen LogP contribution in [0.3, 0.4) is 0 Å². The highest BCUT2D eigenvalue weighted by Crippen LogP contribution is 2.30. The summed E-state index contributed by atoms with van der Waals surface area (Å²) in [4.78, 5) is 38.7. The maximum Gasteiger partial charge on any atom is 0.335 e. The van der Waals surface area contributed by atoms with Crippen LogP contribution in [0.2, 0.25) is 0 Å². The molecule has 2 aromatic rings. The van der Waals surface area contributed by atoms with Gasteiger partial charge in [-0.3, -0.25) is 14.9 Å². The third-order valence-corrected chi connectivity index (χ3v) is 4.43. The predicted octanol–water partition coefficient (Wildman–Crippen LogP) is 2.93. The van der Waals surface area contributed by atoms with Crippen molar-refractivity contribution in [2.24, 2.45) is 0 Å². The third-order valence-electron chi connectivity index (χ3n) is 4.43. The minimum absolute atomic E-state index is 0.141. The van der Waals surface area contributed by atoms with Gasteiger partial charge in [0.05, 0.1) is 19.9 Å². The van der Waals surface area contributed by atoms with Gasteiger partial charge < -0.3 is 9.47 Å². The van der Waals surface area contributed by atoms with E-state index in [4.69, 9.17) is 9.47 Å². The van der Waals surface area contributed by atoms with E-state index in [0.717, 1.165) is 10.5 Å². The van der Waals surface area contributed by atoms with Gasteiger partial charge in [0.15, 0.2) is 11.5 Å². The molecule has 0 saturated carbocycles. The molecule has 4 amide bonds. The number of hydrogen-bond donors (Lipinski definition) is 1. The fraction of sp³-hybridized carbons (Fsp3) is 0.190. The molecule has 144 valence electrons. The molecule has 7 heteroatoms. The summed E-state index contributed by atoms with van der Waals surface area (Å²) in [5.41, 5.74) is 1.70. The molecule has 3 rings (SSSR count). The van der Waals surface area contributed by atoms with E-state index in [2.05, 4.69) is 5.32 Å². The van der Waals surface area contributed by atoms with Gasteiger partial charge in [0.25, 0.3) is 11.8 Å². The summed E-state index contributed by atoms with van der Waals surface area (Å²) in [6.45, 7) is 1.93. The summed E-state index contributed by atoms with van der Waals surface area (Å²) in [5.74, 6) is -0.429. The molecule has 1 heterocycles. The molecule has 1 saturated heterocycles. The van der Waals surface area contributed by atoms with Crippen molar-refractivity contribution in [3.63, 3.8) is 0 Å². The Kier molecular flexibility index (Phi) is 5.44. The van der Waals surface area contributed by atoms with Gasteiger partial charge in [-0.1, -0.05) is 31.2 Å². The number of aryl methyl sites for hydroxylation is 1. The SMILES string of the molecule is CCc1ccccc1N1C(=O)NC(=O)/C(=C/c2ccc(OC)c(OC)c2)C1=O. The number of nitrogens with one attached hydrogen (secondary N) is 1. The van der Waals surface area contributed by atoms with E-state index in [1.807, 2.05) is 19.1 Å². The Hall–Kier alpha value is -3.61. The first-order valence-electron chi connectivity index (χ1n) is 8.71. The number of carbonyl (C=O) groups excluding carboxylic acids is 3. The quantitative estimate of drug-likeness (QED) is 0.637. The average Bonchev–Trinajstić information content (AvgIpc) is 2.71. The van der Waals surface area contributed by atoms with Crippen LogP contribution < -0.4 is 19.7 Å². The van der Waals surface area contributed by atoms with Crippen molar-refractivity contribution < 1.29 is 23.9 Å². The largest absolute Gasteiger partial charge is 0.493 e. The van der Waals surface area contributed by atoms with E-state index < -0.39 is 17.8 Å². The van der Waals surface area contributed by atoms with Gasteiger partial charge in [0, 0.05) is 0 Å². The van der Waals surface area contributed by atoms with Crippen LogP contribution in [0, 0.1) is 0 Å². The van der Waals surface area contributed by atoms with Gasteiger partial charge in [-0.2, -0.15) is 0 Å². The summed E-state index contributed by atoms with van der Waals surface area (Å²) in [6, 6.07) is 11.3. The molecule has 2 aromatic carbocycles. The first kappa shape index (κ1) is 19.2. The third kappa shape index (κ3) is 3.46. The first-order valence-corrected chi connectivity index (χ1v) is 8.71. The average molecular weight is 380 g/mol. The van der Waals surface area contributed by atoms with Crippen molar-refractivity contribution in [2.75, 3.05) is 19.1 Å². The summed E-state index contributed by atoms with van der Waals surface area (Å²) in [6.07, 6.45) is 2.06. The molecule has 7 nitrogen and oxygen atoms in total. The van der Waals surface area contributed by atoms with Gasteiger partial charge in [-0.15, -0.1) is 0 Å². The van der Waals surface area contributed by atoms with E-state index in [-0.39, 0.29) is 5.57 Å². The number of barbiturate groups is 1. The molecule has 1 aliphatic rings. The Balaban J connectivity index is 2.04. The number of carbonyl (C=O) groups is 3. The monoisotopic (exact) mass is 380 g/mol. The number of methoxy groups -OCH3 is 2. The number of urea groups is 1. The van der Waals surface area contributed by atoms with Crippen molar-refractivity contribution in [3.05, 3.63) is 59.2 Å². The van der Waals surface area contributed by atoms with Gasteiger partial charge in [-0.05, 0) is 41.8 Å². The molecule has 0 unspecified atom stereocenters. The van der Waals surface area contributed by atoms with Crippen LogP contribution >= 0.6 is 0 Å². The van der Waals surface area contributed by atoms with Crippen LogP contribution in [0.1, 0.15) is 18.1 Å². The fourth-order valence-electron chi connectivity index (χ4n) is 3.01. The normalized spacial score (nSPS) is 15.6. The zero-order chi connectivity index (χ0) is 20.3. The number of para-hydroxylation sites is 1. The van der Waals surface area contributed by atoms with Crippen molar-refractivity contribution in [1.29, 1.82) is 0 Å². The highest BCUT2D eigenvalue weighted by molar-refractivity contribution is 6.39. The highest BCUT2D eigenvalue weighted by atomic mass is 16.5. The Bertz CT molecular complexity index is 981. The maximum absolute atomic E-state index is 13.0. The second kappa shape index (κ2) is 7.96. The number of benzene rings is 2. The highest BCUT2D eigenvalue weighted by Gasteiger charge is 2.37. The van der Waals surface area contributed by atoms with Crippen LogP contribution in [-0.4, -0.2) is 32.1 Å². The van der Waals surface area contributed by atoms with E-state index in [0.29, 0.717) is 29.2 Å². The lowest BCUT2D eigenvalue weighted by Gasteiger charge is -2.28. The lowest BCUT2D eigenvalue weighted by atomic mass is 10.0. The van der Waals surface area contributed by atoms with Crippen LogP contribution in [0.25, 0.3) is 6.08 Å². The van der Waals surface area contributed by atoms with Gasteiger partial charge in [-0.25, -0.2) is 9.69 Å². The Morgan fingerprint density at radius 3 is 2.39 bits per heavy atom. The van der Waals surface area contributed by atoms with E-state index in [1.54, 1.807) is 30.3 Å². The number of hydrogen-bond acceptors (Lipinski definition) is 5. The summed E-state index contributed by atoms with van der Waals surface area (Å²) < 4.78 is 10.4. The zero-order valence-corrected chi connectivity index (χ0v) is 15.8. The molecule has 0 spiro atoms. The number of imide groups is 2. The Labute approximate surface area is 162 Å². The minimum Gasteiger partial charge on any atom is -0.493 e. The van der Waals surface area contributed by atoms with Crippen LogP contribution in [0.4, 0.5) is 10.5 Å². The number of nitrogens with zero attached hydrogens (tertiary/aromatic N) is 1. The molecule has 0 aromatic heterocycles. The van der Waals surface area contributed by atoms with Crippen molar-refractivity contribution in [1.82, 2.24) is 5.32 Å². The van der Waals surface area contributed by atoms with Crippen molar-refractivity contribution >= 4 is 29.6 Å². The molecule has 0 aliphatic carbocycles. The van der Waals surface area contributed by atoms with Gasteiger partial charge >= 0.3 is 6.03 Å². The van der Waals surface area contributed by atoms with Crippen molar-refractivity contribution in [2.45, 2.75) is 13.3 Å². The second-order valence-corrected chi connectivity index (χ2v) is 6.05. The molecule has 28 heavy (non-hydrogen) atoms. The fourth-order valence-corrected chi connectivity index (χ4v) is 3.01. The second-order valence-electron chi connectivity index (χ2n) is 6.05. The summed E-state index contributed by atoms with van der Waals surface area (Å²) in [7, 11) is 3.01. The smallest absolute Gasteiger partial charge is 0.335 e. The maximum atomic E-state index is 13.0. The van der Waals surface area contributed by atoms with E-state index in [9.17, 15) is 14.4 Å². The zero-order valence-electron chi connectivity index (χ0n) is 15.8. The molecule has 0 radical (unpaired) electrons. The van der Waals surface area contributed by atoms with E-state index >= 15 is 0 Å². The lowest BCUT2D eigenvalue weighted by Crippen LogP contribution is -2.54. The molecule has 1 N–H and O–H groups in total. The first-order chi connectivity index (χ1) is 13.5. The van der Waals surface area contributed by atoms with Gasteiger partial charge in [0.2, 0.25) is 0 Å². The topological polar surface area (TPSA) is 84.9 Å². The Morgan fingerprint density at radius 2 is 1.71 bits per heavy atom. The minimum atomic E-state index is -0.764. The van der Waals surface area contributed by atoms with Gasteiger partial charge in [0.1, 0.15) is 5.57 Å². The molecular formula is C21H20N2O5. The molecule has 1 aliphatic heterocycles. The lowest BCUT2D eigenvalue weighted by molar-refractivity contribution is -0.122. The number of anilines is 1. The molecule has 0 atom stereocenters.